The van der Waals surface area contributed by atoms with Crippen LogP contribution >= 0.6 is 0 Å². The van der Waals surface area contributed by atoms with E-state index >= 15 is 0 Å². The van der Waals surface area contributed by atoms with Gasteiger partial charge in [-0.05, 0) is 20.3 Å². The monoisotopic (exact) mass is 240 g/mol. The number of hydrogen-bond acceptors (Lipinski definition) is 3. The van der Waals surface area contributed by atoms with Gasteiger partial charge < -0.3 is 14.3 Å². The van der Waals surface area contributed by atoms with Crippen molar-refractivity contribution < 1.29 is 14.3 Å². The molecule has 1 rings (SSSR count). The van der Waals surface area contributed by atoms with Crippen LogP contribution in [0, 0.1) is 11.3 Å². The van der Waals surface area contributed by atoms with Gasteiger partial charge in [0, 0.05) is 11.3 Å². The van der Waals surface area contributed by atoms with Crippen LogP contribution in [0.5, 0.6) is 0 Å². The topological polar surface area (TPSA) is 35.5 Å². The summed E-state index contributed by atoms with van der Waals surface area (Å²) in [6, 6.07) is 0. The quantitative estimate of drug-likeness (QED) is 0.560. The number of hydrogen-bond donors (Lipinski definition) is 0. The summed E-state index contributed by atoms with van der Waals surface area (Å²) >= 11 is 0. The molecule has 17 heavy (non-hydrogen) atoms. The van der Waals surface area contributed by atoms with Gasteiger partial charge in [0.1, 0.15) is 6.29 Å². The third-order valence-corrected chi connectivity index (χ3v) is 3.43. The predicted octanol–water partition coefficient (Wildman–Crippen LogP) is 2.94. The number of ether oxygens (including phenoxy) is 2. The molecule has 3 nitrogen and oxygen atoms in total. The van der Waals surface area contributed by atoms with Crippen molar-refractivity contribution in [3.63, 3.8) is 0 Å². The summed E-state index contributed by atoms with van der Waals surface area (Å²) < 4.78 is 11.8. The van der Waals surface area contributed by atoms with E-state index in [1.54, 1.807) is 0 Å². The first-order chi connectivity index (χ1) is 7.73. The van der Waals surface area contributed by atoms with Crippen LogP contribution in [-0.2, 0) is 14.3 Å². The van der Waals surface area contributed by atoms with Crippen LogP contribution in [0.4, 0.5) is 0 Å². The fourth-order valence-electron chi connectivity index (χ4n) is 2.26. The number of rotatable bonds is 4. The molecular weight excluding hydrogens is 216 g/mol. The van der Waals surface area contributed by atoms with Crippen LogP contribution in [-0.4, -0.2) is 24.3 Å². The Morgan fingerprint density at radius 3 is 2.35 bits per heavy atom. The third-order valence-electron chi connectivity index (χ3n) is 3.43. The molecule has 0 bridgehead atoms. The molecule has 1 fully saturated rings. The third kappa shape index (κ3) is 3.17. The Kier molecular flexibility index (Phi) is 4.15. The lowest BCUT2D eigenvalue weighted by Crippen LogP contribution is -2.55. The smallest absolute Gasteiger partial charge is 0.163 e. The van der Waals surface area contributed by atoms with Gasteiger partial charge >= 0.3 is 0 Å². The number of carbonyl (C=O) groups is 1. The Morgan fingerprint density at radius 1 is 1.29 bits per heavy atom. The highest BCUT2D eigenvalue weighted by molar-refractivity contribution is 5.52. The highest BCUT2D eigenvalue weighted by atomic mass is 16.7. The molecule has 3 heteroatoms. The lowest BCUT2D eigenvalue weighted by molar-refractivity contribution is -0.333. The first-order valence-corrected chi connectivity index (χ1v) is 6.16. The fraction of sp³-hybridized carbons (Fsp3) is 0.786. The van der Waals surface area contributed by atoms with Crippen LogP contribution in [0.1, 0.15) is 41.0 Å². The van der Waals surface area contributed by atoms with E-state index < -0.39 is 5.79 Å². The molecule has 0 aliphatic carbocycles. The maximum Gasteiger partial charge on any atom is 0.163 e. The molecule has 0 unspecified atom stereocenters. The Labute approximate surface area is 104 Å². The lowest BCUT2D eigenvalue weighted by atomic mass is 9.76. The van der Waals surface area contributed by atoms with Crippen molar-refractivity contribution in [2.45, 2.75) is 59.0 Å². The average molecular weight is 240 g/mol. The van der Waals surface area contributed by atoms with E-state index in [4.69, 9.17) is 9.47 Å². The molecule has 0 radical (unpaired) electrons. The van der Waals surface area contributed by atoms with Gasteiger partial charge in [-0.15, -0.1) is 6.58 Å². The Morgan fingerprint density at radius 2 is 1.88 bits per heavy atom. The van der Waals surface area contributed by atoms with Crippen LogP contribution in [0.25, 0.3) is 0 Å². The van der Waals surface area contributed by atoms with Gasteiger partial charge in [0.25, 0.3) is 0 Å². The first kappa shape index (κ1) is 14.4. The second kappa shape index (κ2) is 4.91. The molecule has 0 aromatic heterocycles. The first-order valence-electron chi connectivity index (χ1n) is 6.16. The maximum atomic E-state index is 10.8. The summed E-state index contributed by atoms with van der Waals surface area (Å²) in [6.45, 7) is 13.7. The predicted molar refractivity (Wildman–Crippen MR) is 67.6 cm³/mol. The highest BCUT2D eigenvalue weighted by Crippen LogP contribution is 2.42. The van der Waals surface area contributed by atoms with Crippen molar-refractivity contribution in [3.8, 4) is 0 Å². The minimum Gasteiger partial charge on any atom is -0.347 e. The van der Waals surface area contributed by atoms with Crippen molar-refractivity contribution in [1.29, 1.82) is 0 Å². The highest BCUT2D eigenvalue weighted by Gasteiger charge is 2.47. The van der Waals surface area contributed by atoms with Gasteiger partial charge in [-0.2, -0.15) is 0 Å². The zero-order valence-electron chi connectivity index (χ0n) is 11.5. The van der Waals surface area contributed by atoms with E-state index in [1.165, 1.54) is 0 Å². The van der Waals surface area contributed by atoms with Gasteiger partial charge in [-0.3, -0.25) is 0 Å². The zero-order valence-corrected chi connectivity index (χ0v) is 11.5. The van der Waals surface area contributed by atoms with E-state index in [9.17, 15) is 4.79 Å². The van der Waals surface area contributed by atoms with Gasteiger partial charge in [0.05, 0.1) is 12.2 Å². The standard InChI is InChI=1S/C14H24O3/c1-7-11-13(3,4)12(8-10(2)9-15)17-14(5,6)16-11/h7,9-12H,1,8H2,2-6H3/t10-,11-,12-/m0/s1. The van der Waals surface area contributed by atoms with Crippen LogP contribution < -0.4 is 0 Å². The van der Waals surface area contributed by atoms with Gasteiger partial charge in [0.15, 0.2) is 5.79 Å². The van der Waals surface area contributed by atoms with E-state index in [1.807, 2.05) is 26.8 Å². The van der Waals surface area contributed by atoms with Gasteiger partial charge in [0.2, 0.25) is 0 Å². The Hall–Kier alpha value is -0.670. The molecular formula is C14H24O3. The molecule has 1 heterocycles. The Bertz CT molecular complexity index is 294. The molecule has 3 atom stereocenters. The summed E-state index contributed by atoms with van der Waals surface area (Å²) in [5, 5.41) is 0. The van der Waals surface area contributed by atoms with Crippen molar-refractivity contribution in [3.05, 3.63) is 12.7 Å². The fourth-order valence-corrected chi connectivity index (χ4v) is 2.26. The summed E-state index contributed by atoms with van der Waals surface area (Å²) in [6.07, 6.45) is 3.45. The minimum absolute atomic E-state index is 0.00126. The molecule has 0 saturated carbocycles. The van der Waals surface area contributed by atoms with Gasteiger partial charge in [-0.25, -0.2) is 0 Å². The van der Waals surface area contributed by atoms with Crippen molar-refractivity contribution in [2.24, 2.45) is 11.3 Å². The minimum atomic E-state index is -0.623. The molecule has 1 aliphatic heterocycles. The van der Waals surface area contributed by atoms with Crippen LogP contribution in [0.3, 0.4) is 0 Å². The van der Waals surface area contributed by atoms with Crippen molar-refractivity contribution >= 4 is 6.29 Å². The summed E-state index contributed by atoms with van der Waals surface area (Å²) in [5.41, 5.74) is -0.172. The van der Waals surface area contributed by atoms with Crippen LogP contribution in [0.15, 0.2) is 12.7 Å². The summed E-state index contributed by atoms with van der Waals surface area (Å²) in [5.74, 6) is -0.625. The molecule has 0 amide bonds. The summed E-state index contributed by atoms with van der Waals surface area (Å²) in [7, 11) is 0. The maximum absolute atomic E-state index is 10.8. The largest absolute Gasteiger partial charge is 0.347 e. The van der Waals surface area contributed by atoms with Crippen molar-refractivity contribution in [2.75, 3.05) is 0 Å². The van der Waals surface area contributed by atoms with E-state index in [2.05, 4.69) is 20.4 Å². The second-order valence-electron chi connectivity index (χ2n) is 5.95. The van der Waals surface area contributed by atoms with E-state index in [0.29, 0.717) is 6.42 Å². The molecule has 0 spiro atoms. The number of aldehydes is 1. The van der Waals surface area contributed by atoms with E-state index in [0.717, 1.165) is 6.29 Å². The molecule has 0 aromatic carbocycles. The lowest BCUT2D eigenvalue weighted by Gasteiger charge is -2.50. The molecule has 98 valence electrons. The SMILES string of the molecule is C=C[C@@H]1OC(C)(C)O[C@@H](C[C@H](C)C=O)C1(C)C. The average Bonchev–Trinajstić information content (AvgIpc) is 2.22. The normalized spacial score (nSPS) is 32.8. The van der Waals surface area contributed by atoms with Crippen LogP contribution in [0.2, 0.25) is 0 Å². The van der Waals surface area contributed by atoms with Crippen molar-refractivity contribution in [1.82, 2.24) is 0 Å². The molecule has 1 saturated heterocycles. The summed E-state index contributed by atoms with van der Waals surface area (Å²) in [4.78, 5) is 10.8. The molecule has 0 N–H and O–H groups in total. The Balaban J connectivity index is 2.91. The van der Waals surface area contributed by atoms with E-state index in [-0.39, 0.29) is 23.5 Å². The molecule has 1 aliphatic rings. The second-order valence-corrected chi connectivity index (χ2v) is 5.95. The zero-order chi connectivity index (χ0) is 13.3. The van der Waals surface area contributed by atoms with Gasteiger partial charge in [-0.1, -0.05) is 26.8 Å². The number of carbonyl (C=O) groups excluding carboxylic acids is 1. The molecule has 0 aromatic rings.